The third-order valence-corrected chi connectivity index (χ3v) is 5.00. The molecule has 2 aromatic carbocycles. The number of benzene rings is 2. The van der Waals surface area contributed by atoms with Crippen LogP contribution in [0.25, 0.3) is 11.4 Å². The molecule has 0 aliphatic rings. The Bertz CT molecular complexity index is 898. The first-order valence-electron chi connectivity index (χ1n) is 8.19. The third kappa shape index (κ3) is 3.67. The molecule has 0 spiro atoms. The van der Waals surface area contributed by atoms with Crippen LogP contribution in [0.3, 0.4) is 0 Å². The average Bonchev–Trinajstić information content (AvgIpc) is 3.09. The Balaban J connectivity index is 1.83. The lowest BCUT2D eigenvalue weighted by Crippen LogP contribution is -2.01. The van der Waals surface area contributed by atoms with Gasteiger partial charge in [0.15, 0.2) is 22.5 Å². The van der Waals surface area contributed by atoms with Gasteiger partial charge in [-0.1, -0.05) is 30.0 Å². The van der Waals surface area contributed by atoms with Crippen LogP contribution in [0.4, 0.5) is 4.39 Å². The fourth-order valence-corrected chi connectivity index (χ4v) is 3.60. The van der Waals surface area contributed by atoms with Gasteiger partial charge < -0.3 is 14.0 Å². The lowest BCUT2D eigenvalue weighted by molar-refractivity contribution is 0.386. The Kier molecular flexibility index (Phi) is 5.78. The lowest BCUT2D eigenvalue weighted by atomic mass is 10.2. The largest absolute Gasteiger partial charge is 0.496 e. The Morgan fingerprint density at radius 1 is 1.04 bits per heavy atom. The summed E-state index contributed by atoms with van der Waals surface area (Å²) in [5, 5.41) is 9.44. The molecule has 0 fully saturated rings. The number of thioether (sulfide) groups is 1. The van der Waals surface area contributed by atoms with Crippen LogP contribution in [0.15, 0.2) is 47.6 Å². The summed E-state index contributed by atoms with van der Waals surface area (Å²) in [5.74, 6) is 1.98. The Morgan fingerprint density at radius 2 is 1.81 bits per heavy atom. The van der Waals surface area contributed by atoms with E-state index in [-0.39, 0.29) is 11.6 Å². The van der Waals surface area contributed by atoms with Crippen molar-refractivity contribution in [2.24, 2.45) is 0 Å². The maximum Gasteiger partial charge on any atom is 0.191 e. The van der Waals surface area contributed by atoms with Gasteiger partial charge in [-0.3, -0.25) is 0 Å². The smallest absolute Gasteiger partial charge is 0.191 e. The Hall–Kier alpha value is -2.54. The molecule has 0 amide bonds. The predicted octanol–water partition coefficient (Wildman–Crippen LogP) is 4.41. The van der Waals surface area contributed by atoms with Crippen LogP contribution in [0.1, 0.15) is 12.5 Å². The van der Waals surface area contributed by atoms with Crippen molar-refractivity contribution < 1.29 is 13.9 Å². The van der Waals surface area contributed by atoms with E-state index in [1.54, 1.807) is 13.2 Å². The molecule has 26 heavy (non-hydrogen) atoms. The minimum Gasteiger partial charge on any atom is -0.496 e. The van der Waals surface area contributed by atoms with Gasteiger partial charge in [0.2, 0.25) is 0 Å². The molecule has 1 aromatic heterocycles. The lowest BCUT2D eigenvalue weighted by Gasteiger charge is -2.10. The van der Waals surface area contributed by atoms with Crippen LogP contribution in [0.2, 0.25) is 0 Å². The fraction of sp³-hybridized carbons (Fsp3) is 0.263. The minimum atomic E-state index is -0.364. The van der Waals surface area contributed by atoms with Crippen molar-refractivity contribution in [1.82, 2.24) is 14.8 Å². The zero-order valence-electron chi connectivity index (χ0n) is 14.9. The second-order valence-electron chi connectivity index (χ2n) is 5.51. The Labute approximate surface area is 156 Å². The number of methoxy groups -OCH3 is 2. The summed E-state index contributed by atoms with van der Waals surface area (Å²) in [6.45, 7) is 2.76. The van der Waals surface area contributed by atoms with E-state index in [1.165, 1.54) is 24.9 Å². The van der Waals surface area contributed by atoms with E-state index in [0.29, 0.717) is 5.75 Å². The predicted molar refractivity (Wildman–Crippen MR) is 100 cm³/mol. The van der Waals surface area contributed by atoms with Gasteiger partial charge in [-0.25, -0.2) is 4.39 Å². The topological polar surface area (TPSA) is 49.2 Å². The van der Waals surface area contributed by atoms with E-state index in [0.717, 1.165) is 34.4 Å². The van der Waals surface area contributed by atoms with Crippen LogP contribution >= 0.6 is 11.8 Å². The molecular weight excluding hydrogens is 353 g/mol. The van der Waals surface area contributed by atoms with Gasteiger partial charge in [0.25, 0.3) is 0 Å². The zero-order chi connectivity index (χ0) is 18.5. The second-order valence-corrected chi connectivity index (χ2v) is 6.45. The highest BCUT2D eigenvalue weighted by Crippen LogP contribution is 2.32. The van der Waals surface area contributed by atoms with Gasteiger partial charge in [0.1, 0.15) is 5.75 Å². The van der Waals surface area contributed by atoms with Crippen molar-refractivity contribution in [3.05, 3.63) is 53.8 Å². The summed E-state index contributed by atoms with van der Waals surface area (Å²) < 4.78 is 26.3. The van der Waals surface area contributed by atoms with Crippen LogP contribution in [0.5, 0.6) is 11.5 Å². The van der Waals surface area contributed by atoms with E-state index in [1.807, 2.05) is 41.8 Å². The number of ether oxygens (including phenoxy) is 2. The van der Waals surface area contributed by atoms with Gasteiger partial charge in [-0.05, 0) is 36.8 Å². The number of rotatable bonds is 7. The average molecular weight is 373 g/mol. The molecule has 0 radical (unpaired) electrons. The molecule has 0 aliphatic heterocycles. The fourth-order valence-electron chi connectivity index (χ4n) is 2.66. The van der Waals surface area contributed by atoms with Crippen molar-refractivity contribution in [3.63, 3.8) is 0 Å². The molecule has 7 heteroatoms. The van der Waals surface area contributed by atoms with Crippen molar-refractivity contribution >= 4 is 11.8 Å². The summed E-state index contributed by atoms with van der Waals surface area (Å²) in [6, 6.07) is 12.7. The molecule has 3 rings (SSSR count). The standard InChI is InChI=1S/C19H20FN3O2S/c1-4-23-18(14-7-5-6-8-16(14)24-2)21-22-19(23)26-12-13-9-10-17(25-3)15(20)11-13/h5-11H,4,12H2,1-3H3. The van der Waals surface area contributed by atoms with Gasteiger partial charge in [-0.2, -0.15) is 0 Å². The summed E-state index contributed by atoms with van der Waals surface area (Å²) in [5.41, 5.74) is 1.75. The molecule has 3 aromatic rings. The van der Waals surface area contributed by atoms with Crippen molar-refractivity contribution in [2.45, 2.75) is 24.4 Å². The van der Waals surface area contributed by atoms with Crippen molar-refractivity contribution in [1.29, 1.82) is 0 Å². The van der Waals surface area contributed by atoms with Gasteiger partial charge >= 0.3 is 0 Å². The van der Waals surface area contributed by atoms with Gasteiger partial charge in [0, 0.05) is 12.3 Å². The number of hydrogen-bond donors (Lipinski definition) is 0. The molecule has 0 N–H and O–H groups in total. The summed E-state index contributed by atoms with van der Waals surface area (Å²) in [7, 11) is 3.09. The SMILES string of the molecule is CCn1c(SCc2ccc(OC)c(F)c2)nnc1-c1ccccc1OC. The number of hydrogen-bond acceptors (Lipinski definition) is 5. The van der Waals surface area contributed by atoms with Crippen molar-refractivity contribution in [3.8, 4) is 22.9 Å². The Morgan fingerprint density at radius 3 is 2.50 bits per heavy atom. The highest BCUT2D eigenvalue weighted by Gasteiger charge is 2.16. The summed E-state index contributed by atoms with van der Waals surface area (Å²) >= 11 is 1.52. The summed E-state index contributed by atoms with van der Waals surface area (Å²) in [4.78, 5) is 0. The van der Waals surface area contributed by atoms with Crippen LogP contribution in [-0.4, -0.2) is 29.0 Å². The molecule has 0 atom stereocenters. The maximum absolute atomic E-state index is 13.8. The quantitative estimate of drug-likeness (QED) is 0.574. The van der Waals surface area contributed by atoms with Crippen LogP contribution < -0.4 is 9.47 Å². The zero-order valence-corrected chi connectivity index (χ0v) is 15.7. The van der Waals surface area contributed by atoms with E-state index in [9.17, 15) is 4.39 Å². The normalized spacial score (nSPS) is 10.8. The van der Waals surface area contributed by atoms with E-state index in [4.69, 9.17) is 9.47 Å². The van der Waals surface area contributed by atoms with E-state index < -0.39 is 0 Å². The third-order valence-electron chi connectivity index (χ3n) is 3.97. The van der Waals surface area contributed by atoms with Crippen LogP contribution in [-0.2, 0) is 12.3 Å². The highest BCUT2D eigenvalue weighted by molar-refractivity contribution is 7.98. The second kappa shape index (κ2) is 8.23. The number of nitrogens with zero attached hydrogens (tertiary/aromatic N) is 3. The van der Waals surface area contributed by atoms with E-state index >= 15 is 0 Å². The first-order chi connectivity index (χ1) is 12.7. The molecule has 0 bridgehead atoms. The molecule has 5 nitrogen and oxygen atoms in total. The number of aromatic nitrogens is 3. The molecule has 0 aliphatic carbocycles. The van der Waals surface area contributed by atoms with Crippen LogP contribution in [0, 0.1) is 5.82 Å². The molecule has 0 saturated carbocycles. The molecule has 1 heterocycles. The van der Waals surface area contributed by atoms with Crippen molar-refractivity contribution in [2.75, 3.05) is 14.2 Å². The monoisotopic (exact) mass is 373 g/mol. The molecule has 0 unspecified atom stereocenters. The molecule has 0 saturated heterocycles. The molecular formula is C19H20FN3O2S. The molecule has 136 valence electrons. The summed E-state index contributed by atoms with van der Waals surface area (Å²) in [6.07, 6.45) is 0. The highest BCUT2D eigenvalue weighted by atomic mass is 32.2. The number of halogens is 1. The first kappa shape index (κ1) is 18.3. The van der Waals surface area contributed by atoms with Gasteiger partial charge in [0.05, 0.1) is 19.8 Å². The maximum atomic E-state index is 13.8. The van der Waals surface area contributed by atoms with Gasteiger partial charge in [-0.15, -0.1) is 10.2 Å². The number of para-hydroxylation sites is 1. The van der Waals surface area contributed by atoms with E-state index in [2.05, 4.69) is 10.2 Å². The minimum absolute atomic E-state index is 0.244. The first-order valence-corrected chi connectivity index (χ1v) is 9.18.